The fourth-order valence-electron chi connectivity index (χ4n) is 7.99. The second kappa shape index (κ2) is 17.6. The SMILES string of the molecule is COC(=O)N[C@H](C(=O)N1CCC[C@H]1c1ncc(-c2ccc(-c3ccc(-c4cnc([C@@H]5CCCN5C(=O)[C@H](Cc5cncn5C)N(C)C(=O)O)[nH]4)cc3)cc2)[nH]1)[C@@H](C)OC. The van der Waals surface area contributed by atoms with Crippen molar-refractivity contribution in [1.29, 1.82) is 0 Å². The van der Waals surface area contributed by atoms with Crippen molar-refractivity contribution in [2.75, 3.05) is 34.4 Å². The van der Waals surface area contributed by atoms with E-state index in [1.54, 1.807) is 46.2 Å². The van der Waals surface area contributed by atoms with Crippen molar-refractivity contribution in [2.24, 2.45) is 7.05 Å². The molecule has 0 bridgehead atoms. The fraction of sp³-hybridized carbons (Fsp3) is 0.405. The first-order chi connectivity index (χ1) is 28.5. The highest BCUT2D eigenvalue weighted by molar-refractivity contribution is 5.87. The number of hydrogen-bond donors (Lipinski definition) is 4. The van der Waals surface area contributed by atoms with Gasteiger partial charge in [0.25, 0.3) is 0 Å². The minimum absolute atomic E-state index is 0.211. The third-order valence-electron chi connectivity index (χ3n) is 11.6. The molecule has 0 aliphatic carbocycles. The fourth-order valence-corrected chi connectivity index (χ4v) is 7.99. The van der Waals surface area contributed by atoms with E-state index in [0.29, 0.717) is 31.2 Å². The highest BCUT2D eigenvalue weighted by Crippen LogP contribution is 2.35. The number of methoxy groups -OCH3 is 2. The van der Waals surface area contributed by atoms with Crippen LogP contribution in [-0.4, -0.2) is 126 Å². The summed E-state index contributed by atoms with van der Waals surface area (Å²) < 4.78 is 11.9. The third-order valence-corrected chi connectivity index (χ3v) is 11.6. The normalized spacial score (nSPS) is 18.1. The first-order valence-corrected chi connectivity index (χ1v) is 19.7. The van der Waals surface area contributed by atoms with Gasteiger partial charge in [-0.25, -0.2) is 24.5 Å². The molecular weight excluding hydrogens is 757 g/mol. The molecule has 7 rings (SSSR count). The Morgan fingerprint density at radius 2 is 1.34 bits per heavy atom. The molecule has 2 aliphatic rings. The lowest BCUT2D eigenvalue weighted by Crippen LogP contribution is -2.54. The summed E-state index contributed by atoms with van der Waals surface area (Å²) in [5, 5.41) is 12.4. The van der Waals surface area contributed by atoms with Gasteiger partial charge in [-0.05, 0) is 54.9 Å². The van der Waals surface area contributed by atoms with Gasteiger partial charge in [0.05, 0.1) is 55.4 Å². The van der Waals surface area contributed by atoms with Gasteiger partial charge in [0, 0.05) is 52.6 Å². The number of likely N-dealkylation sites (N-methyl/N-ethyl adjacent to an activating group) is 1. The summed E-state index contributed by atoms with van der Waals surface area (Å²) in [6, 6.07) is 13.9. The lowest BCUT2D eigenvalue weighted by Gasteiger charge is -2.31. The maximum atomic E-state index is 14.0. The van der Waals surface area contributed by atoms with Gasteiger partial charge in [0.2, 0.25) is 11.8 Å². The quantitative estimate of drug-likeness (QED) is 0.123. The Morgan fingerprint density at radius 1 is 0.831 bits per heavy atom. The number of carboxylic acid groups (broad SMARTS) is 1. The van der Waals surface area contributed by atoms with E-state index in [0.717, 1.165) is 63.5 Å². The van der Waals surface area contributed by atoms with Crippen molar-refractivity contribution in [3.05, 3.63) is 90.8 Å². The van der Waals surface area contributed by atoms with E-state index in [1.807, 2.05) is 43.4 Å². The number of imidazole rings is 3. The van der Waals surface area contributed by atoms with Crippen molar-refractivity contribution in [3.63, 3.8) is 0 Å². The maximum Gasteiger partial charge on any atom is 0.407 e. The lowest BCUT2D eigenvalue weighted by atomic mass is 10.0. The van der Waals surface area contributed by atoms with Gasteiger partial charge < -0.3 is 44.2 Å². The number of carbonyl (C=O) groups is 4. The summed E-state index contributed by atoms with van der Waals surface area (Å²) in [5.41, 5.74) is 6.35. The first-order valence-electron chi connectivity index (χ1n) is 19.7. The molecule has 2 saturated heterocycles. The maximum absolute atomic E-state index is 14.0. The number of aromatic amines is 2. The van der Waals surface area contributed by atoms with Crippen molar-refractivity contribution in [1.82, 2.24) is 49.5 Å². The number of amides is 4. The van der Waals surface area contributed by atoms with Crippen LogP contribution in [0.25, 0.3) is 33.6 Å². The third kappa shape index (κ3) is 8.55. The van der Waals surface area contributed by atoms with Crippen molar-refractivity contribution in [3.8, 4) is 33.6 Å². The minimum Gasteiger partial charge on any atom is -0.465 e. The van der Waals surface area contributed by atoms with E-state index in [1.165, 1.54) is 21.3 Å². The van der Waals surface area contributed by atoms with Gasteiger partial charge in [0.15, 0.2) is 0 Å². The zero-order valence-corrected chi connectivity index (χ0v) is 33.8. The number of nitrogens with one attached hydrogen (secondary N) is 3. The van der Waals surface area contributed by atoms with E-state index in [-0.39, 0.29) is 30.3 Å². The number of aromatic nitrogens is 6. The summed E-state index contributed by atoms with van der Waals surface area (Å²) in [5.74, 6) is 0.828. The highest BCUT2D eigenvalue weighted by Gasteiger charge is 2.40. The monoisotopic (exact) mass is 806 g/mol. The Kier molecular flexibility index (Phi) is 12.1. The number of nitrogens with zero attached hydrogens (tertiary/aromatic N) is 7. The second-order valence-electron chi connectivity index (χ2n) is 15.1. The molecule has 5 heterocycles. The molecule has 17 heteroatoms. The zero-order valence-electron chi connectivity index (χ0n) is 33.8. The average Bonchev–Trinajstić information content (AvgIpc) is 4.11. The van der Waals surface area contributed by atoms with Crippen LogP contribution in [0.2, 0.25) is 0 Å². The number of carbonyl (C=O) groups excluding carboxylic acids is 3. The lowest BCUT2D eigenvalue weighted by molar-refractivity contribution is -0.138. The summed E-state index contributed by atoms with van der Waals surface area (Å²) in [7, 11) is 6.00. The molecule has 5 aromatic rings. The molecule has 2 aliphatic heterocycles. The van der Waals surface area contributed by atoms with Crippen LogP contribution in [0, 0.1) is 0 Å². The first kappa shape index (κ1) is 40.7. The Bertz CT molecular complexity index is 2270. The number of aryl methyl sites for hydroxylation is 1. The van der Waals surface area contributed by atoms with Crippen LogP contribution in [-0.2, 0) is 32.5 Å². The molecule has 4 N–H and O–H groups in total. The molecule has 0 spiro atoms. The number of H-pyrrole nitrogens is 2. The van der Waals surface area contributed by atoms with Crippen LogP contribution in [0.1, 0.15) is 62.0 Å². The molecular formula is C42H50N10O7. The van der Waals surface area contributed by atoms with Crippen LogP contribution < -0.4 is 5.32 Å². The standard InChI is InChI=1S/C42H50N10O7/c1-25(58-4)36(48-41(55)59-5)40(54)52-19-7-9-34(52)38-45-23-32(47-38)29-16-12-27(13-17-29)26-10-14-28(15-11-26)31-22-44-37(46-31)33-8-6-18-51(33)39(53)35(50(3)42(56)57)20-30-21-43-24-49(30)2/h10-17,21-25,33-36H,6-9,18-20H2,1-5H3,(H,44,46)(H,45,47)(H,48,55)(H,56,57)/t25-,33+,34+,35+,36+/m1/s1. The van der Waals surface area contributed by atoms with Gasteiger partial charge >= 0.3 is 12.2 Å². The van der Waals surface area contributed by atoms with Crippen molar-refractivity contribution < 1.29 is 33.8 Å². The number of benzene rings is 2. The number of alkyl carbamates (subject to hydrolysis) is 1. The van der Waals surface area contributed by atoms with Crippen molar-refractivity contribution in [2.45, 2.75) is 69.3 Å². The van der Waals surface area contributed by atoms with E-state index >= 15 is 0 Å². The van der Waals surface area contributed by atoms with Gasteiger partial charge in [-0.1, -0.05) is 48.5 Å². The molecule has 4 amide bonds. The van der Waals surface area contributed by atoms with E-state index in [4.69, 9.17) is 9.47 Å². The Hall–Kier alpha value is -6.49. The molecule has 2 fully saturated rings. The molecule has 310 valence electrons. The number of rotatable bonds is 13. The molecule has 0 saturated carbocycles. The smallest absolute Gasteiger partial charge is 0.407 e. The summed E-state index contributed by atoms with van der Waals surface area (Å²) in [4.78, 5) is 76.5. The van der Waals surface area contributed by atoms with Crippen LogP contribution in [0.3, 0.4) is 0 Å². The number of ether oxygens (including phenoxy) is 2. The molecule has 0 unspecified atom stereocenters. The van der Waals surface area contributed by atoms with E-state index in [9.17, 15) is 24.3 Å². The van der Waals surface area contributed by atoms with Crippen LogP contribution in [0.15, 0.2) is 73.4 Å². The zero-order chi connectivity index (χ0) is 41.8. The van der Waals surface area contributed by atoms with Crippen molar-refractivity contribution >= 4 is 24.0 Å². The van der Waals surface area contributed by atoms with Crippen LogP contribution in [0.5, 0.6) is 0 Å². The summed E-state index contributed by atoms with van der Waals surface area (Å²) in [6.45, 7) is 2.77. The van der Waals surface area contributed by atoms with Gasteiger partial charge in [0.1, 0.15) is 23.7 Å². The largest absolute Gasteiger partial charge is 0.465 e. The molecule has 5 atom stereocenters. The molecule has 17 nitrogen and oxygen atoms in total. The summed E-state index contributed by atoms with van der Waals surface area (Å²) in [6.07, 6.45) is 7.64. The Morgan fingerprint density at radius 3 is 1.80 bits per heavy atom. The predicted octanol–water partition coefficient (Wildman–Crippen LogP) is 5.17. The van der Waals surface area contributed by atoms with E-state index < -0.39 is 30.4 Å². The van der Waals surface area contributed by atoms with Gasteiger partial charge in [-0.2, -0.15) is 0 Å². The minimum atomic E-state index is -1.17. The number of hydrogen-bond acceptors (Lipinski definition) is 9. The molecule has 2 aromatic carbocycles. The Labute approximate surface area is 341 Å². The predicted molar refractivity (Wildman–Crippen MR) is 217 cm³/mol. The van der Waals surface area contributed by atoms with Gasteiger partial charge in [-0.15, -0.1) is 0 Å². The molecule has 0 radical (unpaired) electrons. The summed E-state index contributed by atoms with van der Waals surface area (Å²) >= 11 is 0. The topological polar surface area (TPSA) is 204 Å². The second-order valence-corrected chi connectivity index (χ2v) is 15.1. The molecule has 3 aromatic heterocycles. The number of likely N-dealkylation sites (tertiary alicyclic amines) is 2. The highest BCUT2D eigenvalue weighted by atomic mass is 16.5. The average molecular weight is 807 g/mol. The van der Waals surface area contributed by atoms with Crippen LogP contribution in [0.4, 0.5) is 9.59 Å². The van der Waals surface area contributed by atoms with Crippen LogP contribution >= 0.6 is 0 Å². The molecule has 59 heavy (non-hydrogen) atoms. The Balaban J connectivity index is 1.01. The van der Waals surface area contributed by atoms with Gasteiger partial charge in [-0.3, -0.25) is 14.5 Å². The van der Waals surface area contributed by atoms with E-state index in [2.05, 4.69) is 42.4 Å².